The fraction of sp³-hybridized carbons (Fsp3) is 0.500. The third-order valence-electron chi connectivity index (χ3n) is 1.52. The third kappa shape index (κ3) is 0.608. The average Bonchev–Trinajstić information content (AvgIpc) is 2.22. The molecule has 0 amide bonds. The predicted molar refractivity (Wildman–Crippen MR) is 28.5 cm³/mol. The lowest BCUT2D eigenvalue weighted by molar-refractivity contribution is -0.139. The van der Waals surface area contributed by atoms with Crippen molar-refractivity contribution in [2.75, 3.05) is 0 Å². The van der Waals surface area contributed by atoms with E-state index in [0.29, 0.717) is 6.42 Å². The number of fused-ring (bicyclic) bond motifs is 1. The van der Waals surface area contributed by atoms with E-state index in [9.17, 15) is 4.79 Å². The van der Waals surface area contributed by atoms with Gasteiger partial charge in [0, 0.05) is 0 Å². The van der Waals surface area contributed by atoms with E-state index in [1.165, 1.54) is 0 Å². The number of hydrogen-bond acceptors (Lipinski definition) is 3. The Kier molecular flexibility index (Phi) is 0.806. The lowest BCUT2D eigenvalue weighted by Crippen LogP contribution is -2.14. The van der Waals surface area contributed by atoms with Crippen molar-refractivity contribution in [3.05, 3.63) is 12.3 Å². The predicted octanol–water partition coefficient (Wildman–Crippen LogP) is 0.214. The maximum atomic E-state index is 10.5. The molecule has 2 rings (SSSR count). The minimum Gasteiger partial charge on any atom is -0.493 e. The van der Waals surface area contributed by atoms with Gasteiger partial charge in [-0.2, -0.15) is 0 Å². The van der Waals surface area contributed by atoms with E-state index in [1.807, 2.05) is 0 Å². The molecule has 0 bridgehead atoms. The van der Waals surface area contributed by atoms with Crippen molar-refractivity contribution in [1.29, 1.82) is 0 Å². The average molecular weight is 126 g/mol. The molecule has 2 aliphatic heterocycles. The summed E-state index contributed by atoms with van der Waals surface area (Å²) in [5.74, 6) is -0.158. The molecular formula is C6H6O3. The molecule has 0 aliphatic carbocycles. The van der Waals surface area contributed by atoms with Crippen LogP contribution in [0.3, 0.4) is 0 Å². The standard InChI is InChI=1S/C6H6O3/c7-6-3-5-4(9-6)1-2-8-5/h1-2,4-5H,3H2. The molecule has 3 nitrogen and oxygen atoms in total. The molecule has 0 saturated carbocycles. The van der Waals surface area contributed by atoms with Crippen LogP contribution in [0.5, 0.6) is 0 Å². The molecular weight excluding hydrogens is 120 g/mol. The van der Waals surface area contributed by atoms with Gasteiger partial charge in [-0.1, -0.05) is 0 Å². The molecule has 0 radical (unpaired) electrons. The smallest absolute Gasteiger partial charge is 0.310 e. The third-order valence-corrected chi connectivity index (χ3v) is 1.52. The molecule has 0 N–H and O–H groups in total. The number of ether oxygens (including phenoxy) is 2. The Balaban J connectivity index is 2.17. The zero-order valence-electron chi connectivity index (χ0n) is 4.74. The first-order valence-corrected chi connectivity index (χ1v) is 2.88. The van der Waals surface area contributed by atoms with E-state index in [0.717, 1.165) is 0 Å². The van der Waals surface area contributed by atoms with Gasteiger partial charge in [-0.25, -0.2) is 0 Å². The van der Waals surface area contributed by atoms with E-state index in [1.54, 1.807) is 12.3 Å². The summed E-state index contributed by atoms with van der Waals surface area (Å²) in [4.78, 5) is 10.5. The first-order chi connectivity index (χ1) is 4.36. The van der Waals surface area contributed by atoms with Gasteiger partial charge in [-0.05, 0) is 6.08 Å². The number of carbonyl (C=O) groups excluding carboxylic acids is 1. The molecule has 1 saturated heterocycles. The van der Waals surface area contributed by atoms with Gasteiger partial charge in [0.05, 0.1) is 12.7 Å². The largest absolute Gasteiger partial charge is 0.493 e. The van der Waals surface area contributed by atoms with Gasteiger partial charge < -0.3 is 9.47 Å². The molecule has 0 aromatic heterocycles. The molecule has 2 unspecified atom stereocenters. The quantitative estimate of drug-likeness (QED) is 0.435. The Morgan fingerprint density at radius 3 is 3.33 bits per heavy atom. The van der Waals surface area contributed by atoms with Crippen molar-refractivity contribution in [2.45, 2.75) is 18.6 Å². The van der Waals surface area contributed by atoms with E-state index >= 15 is 0 Å². The summed E-state index contributed by atoms with van der Waals surface area (Å²) in [5, 5.41) is 0. The van der Waals surface area contributed by atoms with Crippen LogP contribution in [-0.2, 0) is 14.3 Å². The number of hydrogen-bond donors (Lipinski definition) is 0. The number of esters is 1. The molecule has 0 aromatic carbocycles. The van der Waals surface area contributed by atoms with Crippen LogP contribution in [0.2, 0.25) is 0 Å². The maximum absolute atomic E-state index is 10.5. The lowest BCUT2D eigenvalue weighted by atomic mass is 10.2. The van der Waals surface area contributed by atoms with Crippen molar-refractivity contribution in [3.63, 3.8) is 0 Å². The van der Waals surface area contributed by atoms with Crippen molar-refractivity contribution in [3.8, 4) is 0 Å². The zero-order chi connectivity index (χ0) is 6.27. The molecule has 48 valence electrons. The molecule has 2 aliphatic rings. The van der Waals surface area contributed by atoms with E-state index in [2.05, 4.69) is 0 Å². The van der Waals surface area contributed by atoms with Gasteiger partial charge in [-0.15, -0.1) is 0 Å². The molecule has 2 heterocycles. The molecule has 9 heavy (non-hydrogen) atoms. The highest BCUT2D eigenvalue weighted by atomic mass is 16.6. The monoisotopic (exact) mass is 126 g/mol. The Labute approximate surface area is 52.3 Å². The minimum absolute atomic E-state index is 0.0301. The Morgan fingerprint density at radius 1 is 1.67 bits per heavy atom. The van der Waals surface area contributed by atoms with Gasteiger partial charge >= 0.3 is 5.97 Å². The number of rotatable bonds is 0. The fourth-order valence-corrected chi connectivity index (χ4v) is 1.07. The summed E-state index contributed by atoms with van der Waals surface area (Å²) in [6.07, 6.45) is 3.62. The summed E-state index contributed by atoms with van der Waals surface area (Å²) >= 11 is 0. The van der Waals surface area contributed by atoms with Crippen LogP contribution < -0.4 is 0 Å². The van der Waals surface area contributed by atoms with Crippen LogP contribution >= 0.6 is 0 Å². The van der Waals surface area contributed by atoms with Gasteiger partial charge in [0.1, 0.15) is 6.10 Å². The van der Waals surface area contributed by atoms with E-state index in [4.69, 9.17) is 9.47 Å². The number of carbonyl (C=O) groups is 1. The Morgan fingerprint density at radius 2 is 2.56 bits per heavy atom. The van der Waals surface area contributed by atoms with Crippen molar-refractivity contribution in [2.24, 2.45) is 0 Å². The zero-order valence-corrected chi connectivity index (χ0v) is 4.74. The Hall–Kier alpha value is -0.990. The van der Waals surface area contributed by atoms with Crippen LogP contribution in [0.25, 0.3) is 0 Å². The summed E-state index contributed by atoms with van der Waals surface area (Å²) in [5.41, 5.74) is 0. The van der Waals surface area contributed by atoms with Gasteiger partial charge in [0.15, 0.2) is 6.10 Å². The summed E-state index contributed by atoms with van der Waals surface area (Å²) in [6.45, 7) is 0. The van der Waals surface area contributed by atoms with Gasteiger partial charge in [0.25, 0.3) is 0 Å². The maximum Gasteiger partial charge on any atom is 0.310 e. The normalized spacial score (nSPS) is 38.0. The molecule has 2 atom stereocenters. The summed E-state index contributed by atoms with van der Waals surface area (Å²) in [6, 6.07) is 0. The van der Waals surface area contributed by atoms with Crippen molar-refractivity contribution >= 4 is 5.97 Å². The molecule has 0 aromatic rings. The first-order valence-electron chi connectivity index (χ1n) is 2.88. The van der Waals surface area contributed by atoms with Crippen LogP contribution in [0.15, 0.2) is 12.3 Å². The van der Waals surface area contributed by atoms with Gasteiger partial charge in [0.2, 0.25) is 0 Å². The van der Waals surface area contributed by atoms with Gasteiger partial charge in [-0.3, -0.25) is 4.79 Å². The van der Waals surface area contributed by atoms with Crippen LogP contribution in [-0.4, -0.2) is 18.2 Å². The second-order valence-corrected chi connectivity index (χ2v) is 2.16. The highest BCUT2D eigenvalue weighted by molar-refractivity contribution is 5.73. The Bertz CT molecular complexity index is 173. The molecule has 3 heteroatoms. The van der Waals surface area contributed by atoms with Crippen LogP contribution in [0, 0.1) is 0 Å². The summed E-state index contributed by atoms with van der Waals surface area (Å²) in [7, 11) is 0. The fourth-order valence-electron chi connectivity index (χ4n) is 1.07. The summed E-state index contributed by atoms with van der Waals surface area (Å²) < 4.78 is 9.86. The van der Waals surface area contributed by atoms with E-state index in [-0.39, 0.29) is 18.2 Å². The van der Waals surface area contributed by atoms with Crippen molar-refractivity contribution in [1.82, 2.24) is 0 Å². The van der Waals surface area contributed by atoms with Crippen molar-refractivity contribution < 1.29 is 14.3 Å². The first kappa shape index (κ1) is 4.85. The lowest BCUT2D eigenvalue weighted by Gasteiger charge is -2.03. The van der Waals surface area contributed by atoms with Crippen LogP contribution in [0.4, 0.5) is 0 Å². The van der Waals surface area contributed by atoms with Crippen LogP contribution in [0.1, 0.15) is 6.42 Å². The highest BCUT2D eigenvalue weighted by Crippen LogP contribution is 2.23. The highest BCUT2D eigenvalue weighted by Gasteiger charge is 2.36. The topological polar surface area (TPSA) is 35.5 Å². The molecule has 1 fully saturated rings. The van der Waals surface area contributed by atoms with E-state index < -0.39 is 0 Å². The second-order valence-electron chi connectivity index (χ2n) is 2.16. The SMILES string of the molecule is O=C1CC2OC=CC2O1. The minimum atomic E-state index is -0.158. The second kappa shape index (κ2) is 1.50. The molecule has 0 spiro atoms.